The maximum atomic E-state index is 13.4. The van der Waals surface area contributed by atoms with Crippen LogP contribution in [0.2, 0.25) is 0 Å². The minimum Gasteiger partial charge on any atom is -0.353 e. The van der Waals surface area contributed by atoms with Crippen molar-refractivity contribution in [3.8, 4) is 0 Å². The molecule has 0 radical (unpaired) electrons. The highest BCUT2D eigenvalue weighted by Gasteiger charge is 2.33. The molecule has 0 saturated carbocycles. The third kappa shape index (κ3) is 5.16. The number of carbonyl (C=O) groups excluding carboxylic acids is 1. The number of rotatable bonds is 6. The van der Waals surface area contributed by atoms with Crippen molar-refractivity contribution in [2.24, 2.45) is 5.92 Å². The van der Waals surface area contributed by atoms with Crippen LogP contribution in [0.1, 0.15) is 50.3 Å². The van der Waals surface area contributed by atoms with Gasteiger partial charge in [0.15, 0.2) is 0 Å². The van der Waals surface area contributed by atoms with E-state index in [1.165, 1.54) is 17.7 Å². The second-order valence-electron chi connectivity index (χ2n) is 7.57. The third-order valence-electron chi connectivity index (χ3n) is 5.54. The highest BCUT2D eigenvalue weighted by Crippen LogP contribution is 2.34. The summed E-state index contributed by atoms with van der Waals surface area (Å²) in [7, 11) is 0. The minimum absolute atomic E-state index is 0.000546. The van der Waals surface area contributed by atoms with Crippen LogP contribution in [0.5, 0.6) is 0 Å². The van der Waals surface area contributed by atoms with E-state index in [1.54, 1.807) is 0 Å². The monoisotopic (exact) mass is 368 g/mol. The lowest BCUT2D eigenvalue weighted by molar-refractivity contribution is -0.128. The summed E-state index contributed by atoms with van der Waals surface area (Å²) in [6, 6.07) is 17.5. The molecule has 144 valence electrons. The average molecular weight is 368 g/mol. The van der Waals surface area contributed by atoms with Gasteiger partial charge in [-0.25, -0.2) is 4.39 Å². The van der Waals surface area contributed by atoms with Crippen molar-refractivity contribution < 1.29 is 9.18 Å². The summed E-state index contributed by atoms with van der Waals surface area (Å²) in [5.74, 6) is -0.0608. The summed E-state index contributed by atoms with van der Waals surface area (Å²) >= 11 is 0. The fourth-order valence-corrected chi connectivity index (χ4v) is 3.78. The molecule has 0 spiro atoms. The fraction of sp³-hybridized carbons (Fsp3) is 0.435. The second kappa shape index (κ2) is 9.14. The van der Waals surface area contributed by atoms with Crippen molar-refractivity contribution in [3.63, 3.8) is 0 Å². The van der Waals surface area contributed by atoms with Crippen LogP contribution in [-0.4, -0.2) is 23.4 Å². The van der Waals surface area contributed by atoms with E-state index in [4.69, 9.17) is 0 Å². The quantitative estimate of drug-likeness (QED) is 0.802. The Morgan fingerprint density at radius 2 is 1.85 bits per heavy atom. The van der Waals surface area contributed by atoms with Gasteiger partial charge in [0.05, 0.1) is 5.92 Å². The fourth-order valence-electron chi connectivity index (χ4n) is 3.78. The van der Waals surface area contributed by atoms with E-state index in [2.05, 4.69) is 29.3 Å². The van der Waals surface area contributed by atoms with Gasteiger partial charge in [-0.1, -0.05) is 49.4 Å². The maximum absolute atomic E-state index is 13.4. The molecule has 4 heteroatoms. The number of hydrogen-bond acceptors (Lipinski definition) is 2. The summed E-state index contributed by atoms with van der Waals surface area (Å²) < 4.78 is 13.4. The van der Waals surface area contributed by atoms with Gasteiger partial charge < -0.3 is 5.32 Å². The molecule has 1 fully saturated rings. The second-order valence-corrected chi connectivity index (χ2v) is 7.57. The molecule has 1 N–H and O–H groups in total. The van der Waals surface area contributed by atoms with Gasteiger partial charge in [0, 0.05) is 25.2 Å². The molecule has 0 bridgehead atoms. The van der Waals surface area contributed by atoms with Crippen molar-refractivity contribution >= 4 is 5.91 Å². The lowest BCUT2D eigenvalue weighted by Gasteiger charge is -2.40. The molecule has 0 aromatic heterocycles. The van der Waals surface area contributed by atoms with Crippen molar-refractivity contribution in [3.05, 3.63) is 71.5 Å². The zero-order chi connectivity index (χ0) is 19.2. The van der Waals surface area contributed by atoms with Gasteiger partial charge in [-0.3, -0.25) is 9.69 Å². The molecule has 1 amide bonds. The number of halogens is 1. The van der Waals surface area contributed by atoms with Gasteiger partial charge in [-0.2, -0.15) is 0 Å². The van der Waals surface area contributed by atoms with Crippen LogP contribution in [0.15, 0.2) is 54.6 Å². The minimum atomic E-state index is -0.213. The molecule has 0 aliphatic carbocycles. The highest BCUT2D eigenvalue weighted by molar-refractivity contribution is 5.79. The first-order chi connectivity index (χ1) is 13.1. The van der Waals surface area contributed by atoms with Crippen LogP contribution >= 0.6 is 0 Å². The predicted molar refractivity (Wildman–Crippen MR) is 107 cm³/mol. The Hall–Kier alpha value is -2.20. The largest absolute Gasteiger partial charge is 0.353 e. The van der Waals surface area contributed by atoms with Crippen molar-refractivity contribution in [1.82, 2.24) is 10.2 Å². The molecule has 1 aliphatic heterocycles. The molecule has 3 unspecified atom stereocenters. The zero-order valence-corrected chi connectivity index (χ0v) is 16.2. The number of piperidine rings is 1. The SMILES string of the molecule is CCC(C)NC(=O)C1CCC(c2ccc(F)cc2)N(Cc2ccccc2)C1. The van der Waals surface area contributed by atoms with E-state index in [-0.39, 0.29) is 29.7 Å². The molecular weight excluding hydrogens is 339 g/mol. The average Bonchev–Trinajstić information content (AvgIpc) is 2.69. The Morgan fingerprint density at radius 1 is 1.15 bits per heavy atom. The topological polar surface area (TPSA) is 32.3 Å². The van der Waals surface area contributed by atoms with Crippen LogP contribution in [0.25, 0.3) is 0 Å². The van der Waals surface area contributed by atoms with Gasteiger partial charge in [0.1, 0.15) is 5.82 Å². The smallest absolute Gasteiger partial charge is 0.224 e. The summed E-state index contributed by atoms with van der Waals surface area (Å²) in [6.45, 7) is 5.64. The number of likely N-dealkylation sites (tertiary alicyclic amines) is 1. The van der Waals surface area contributed by atoms with Crippen molar-refractivity contribution in [1.29, 1.82) is 0 Å². The van der Waals surface area contributed by atoms with Crippen LogP contribution in [-0.2, 0) is 11.3 Å². The maximum Gasteiger partial charge on any atom is 0.224 e. The van der Waals surface area contributed by atoms with Crippen LogP contribution in [0.4, 0.5) is 4.39 Å². The summed E-state index contributed by atoms with van der Waals surface area (Å²) in [5, 5.41) is 3.13. The number of amides is 1. The number of hydrogen-bond donors (Lipinski definition) is 1. The van der Waals surface area contributed by atoms with E-state index in [0.29, 0.717) is 0 Å². The van der Waals surface area contributed by atoms with E-state index >= 15 is 0 Å². The molecule has 1 saturated heterocycles. The molecule has 3 nitrogen and oxygen atoms in total. The van der Waals surface area contributed by atoms with Gasteiger partial charge in [-0.15, -0.1) is 0 Å². The predicted octanol–water partition coefficient (Wildman–Crippen LogP) is 4.69. The molecule has 3 rings (SSSR count). The van der Waals surface area contributed by atoms with Crippen molar-refractivity contribution in [2.75, 3.05) is 6.54 Å². The van der Waals surface area contributed by atoms with Gasteiger partial charge in [0.25, 0.3) is 0 Å². The first-order valence-corrected chi connectivity index (χ1v) is 9.90. The Kier molecular flexibility index (Phi) is 6.62. The number of benzene rings is 2. The molecule has 3 atom stereocenters. The summed E-state index contributed by atoms with van der Waals surface area (Å²) in [4.78, 5) is 15.0. The first-order valence-electron chi connectivity index (χ1n) is 9.90. The Bertz CT molecular complexity index is 732. The van der Waals surface area contributed by atoms with Crippen LogP contribution < -0.4 is 5.32 Å². The van der Waals surface area contributed by atoms with E-state index in [0.717, 1.165) is 37.9 Å². The van der Waals surface area contributed by atoms with Crippen LogP contribution in [0.3, 0.4) is 0 Å². The van der Waals surface area contributed by atoms with Gasteiger partial charge in [0.2, 0.25) is 5.91 Å². The number of carbonyl (C=O) groups is 1. The van der Waals surface area contributed by atoms with E-state index in [1.807, 2.05) is 37.3 Å². The van der Waals surface area contributed by atoms with Crippen molar-refractivity contribution in [2.45, 2.75) is 51.7 Å². The molecular formula is C23H29FN2O. The normalized spacial score (nSPS) is 21.6. The molecule has 27 heavy (non-hydrogen) atoms. The molecule has 1 heterocycles. The van der Waals surface area contributed by atoms with E-state index in [9.17, 15) is 9.18 Å². The van der Waals surface area contributed by atoms with E-state index < -0.39 is 0 Å². The van der Waals surface area contributed by atoms with Gasteiger partial charge in [-0.05, 0) is 49.4 Å². The standard InChI is InChI=1S/C23H29FN2O/c1-3-17(2)25-23(27)20-11-14-22(19-9-12-21(24)13-10-19)26(16-20)15-18-7-5-4-6-8-18/h4-10,12-13,17,20,22H,3,11,14-16H2,1-2H3,(H,25,27). The number of nitrogens with zero attached hydrogens (tertiary/aromatic N) is 1. The number of nitrogens with one attached hydrogen (secondary N) is 1. The Balaban J connectivity index is 1.77. The third-order valence-corrected chi connectivity index (χ3v) is 5.54. The lowest BCUT2D eigenvalue weighted by atomic mass is 9.88. The first kappa shape index (κ1) is 19.6. The molecule has 1 aliphatic rings. The highest BCUT2D eigenvalue weighted by atomic mass is 19.1. The zero-order valence-electron chi connectivity index (χ0n) is 16.2. The summed E-state index contributed by atoms with van der Waals surface area (Å²) in [5.41, 5.74) is 2.35. The Morgan fingerprint density at radius 3 is 2.52 bits per heavy atom. The lowest BCUT2D eigenvalue weighted by Crippen LogP contribution is -2.46. The Labute approximate surface area is 161 Å². The molecule has 2 aromatic rings. The summed E-state index contributed by atoms with van der Waals surface area (Å²) in [6.07, 6.45) is 2.69. The van der Waals surface area contributed by atoms with Crippen LogP contribution in [0, 0.1) is 11.7 Å². The van der Waals surface area contributed by atoms with Gasteiger partial charge >= 0.3 is 0 Å². The molecule has 2 aromatic carbocycles.